The summed E-state index contributed by atoms with van der Waals surface area (Å²) in [4.78, 5) is 19.8. The lowest BCUT2D eigenvalue weighted by Crippen LogP contribution is -2.46. The van der Waals surface area contributed by atoms with Crippen LogP contribution in [0, 0.1) is 12.7 Å². The third-order valence-corrected chi connectivity index (χ3v) is 6.99. The van der Waals surface area contributed by atoms with Crippen LogP contribution in [0.5, 0.6) is 5.75 Å². The van der Waals surface area contributed by atoms with E-state index in [1.807, 2.05) is 13.0 Å². The van der Waals surface area contributed by atoms with Crippen molar-refractivity contribution in [3.63, 3.8) is 0 Å². The van der Waals surface area contributed by atoms with E-state index in [0.717, 1.165) is 16.5 Å². The predicted octanol–water partition coefficient (Wildman–Crippen LogP) is 6.75. The summed E-state index contributed by atoms with van der Waals surface area (Å²) < 4.78 is 55.9. The van der Waals surface area contributed by atoms with Crippen LogP contribution in [0.3, 0.4) is 0 Å². The standard InChI is InChI=1S/C29H25F4N3O2/c1-17-12-22-13-19(8-11-26(22)35-27(17)34)28(37)36(16-20-4-2-3-5-25(20)30)23-14-21(15-23)18-6-9-24(10-7-18)38-29(31,32)33/h2-13,21,23H,14-16H2,1H3,(H2,34,35)/t21-,23+. The summed E-state index contributed by atoms with van der Waals surface area (Å²) in [7, 11) is 0. The summed E-state index contributed by atoms with van der Waals surface area (Å²) in [5.41, 5.74) is 9.11. The fourth-order valence-electron chi connectivity index (χ4n) is 4.83. The van der Waals surface area contributed by atoms with Crippen molar-refractivity contribution in [1.29, 1.82) is 0 Å². The summed E-state index contributed by atoms with van der Waals surface area (Å²) in [5, 5.41) is 0.779. The number of carbonyl (C=O) groups is 1. The molecule has 196 valence electrons. The van der Waals surface area contributed by atoms with Crippen molar-refractivity contribution in [2.75, 3.05) is 5.73 Å². The van der Waals surface area contributed by atoms with Crippen LogP contribution in [0.4, 0.5) is 23.4 Å². The van der Waals surface area contributed by atoms with Crippen LogP contribution in [-0.4, -0.2) is 28.2 Å². The van der Waals surface area contributed by atoms with Crippen LogP contribution in [-0.2, 0) is 6.54 Å². The lowest BCUT2D eigenvalue weighted by Gasteiger charge is -2.43. The third-order valence-electron chi connectivity index (χ3n) is 6.99. The molecular formula is C29H25F4N3O2. The molecule has 1 aliphatic carbocycles. The quantitative estimate of drug-likeness (QED) is 0.284. The molecule has 38 heavy (non-hydrogen) atoms. The Morgan fingerprint density at radius 3 is 2.45 bits per heavy atom. The minimum Gasteiger partial charge on any atom is -0.406 e. The smallest absolute Gasteiger partial charge is 0.406 e. The molecule has 2 N–H and O–H groups in total. The van der Waals surface area contributed by atoms with Gasteiger partial charge in [-0.1, -0.05) is 30.3 Å². The number of anilines is 1. The van der Waals surface area contributed by atoms with E-state index in [2.05, 4.69) is 9.72 Å². The molecule has 0 atom stereocenters. The number of nitrogens with two attached hydrogens (primary N) is 1. The summed E-state index contributed by atoms with van der Waals surface area (Å²) in [6.07, 6.45) is -3.55. The maximum atomic E-state index is 14.5. The van der Waals surface area contributed by atoms with Gasteiger partial charge in [0, 0.05) is 29.1 Å². The van der Waals surface area contributed by atoms with E-state index in [4.69, 9.17) is 5.73 Å². The van der Waals surface area contributed by atoms with Crippen molar-refractivity contribution < 1.29 is 27.1 Å². The molecule has 1 fully saturated rings. The second-order valence-electron chi connectivity index (χ2n) is 9.56. The van der Waals surface area contributed by atoms with Crippen LogP contribution in [0.15, 0.2) is 72.8 Å². The lowest BCUT2D eigenvalue weighted by molar-refractivity contribution is -0.274. The molecule has 1 amide bonds. The van der Waals surface area contributed by atoms with Crippen molar-refractivity contribution in [3.8, 4) is 5.75 Å². The lowest BCUT2D eigenvalue weighted by atomic mass is 9.74. The van der Waals surface area contributed by atoms with Crippen molar-refractivity contribution in [3.05, 3.63) is 101 Å². The molecule has 0 unspecified atom stereocenters. The number of pyridine rings is 1. The summed E-state index contributed by atoms with van der Waals surface area (Å²) >= 11 is 0. The number of hydrogen-bond donors (Lipinski definition) is 1. The number of nitrogens with zero attached hydrogens (tertiary/aromatic N) is 2. The number of nitrogen functional groups attached to an aromatic ring is 1. The zero-order chi connectivity index (χ0) is 27.0. The number of fused-ring (bicyclic) bond motifs is 1. The monoisotopic (exact) mass is 523 g/mol. The molecule has 4 aromatic rings. The molecule has 1 saturated carbocycles. The number of ether oxygens (including phenoxy) is 1. The Bertz CT molecular complexity index is 1480. The molecule has 1 aliphatic rings. The van der Waals surface area contributed by atoms with Crippen LogP contribution >= 0.6 is 0 Å². The number of carbonyl (C=O) groups excluding carboxylic acids is 1. The molecule has 5 rings (SSSR count). The molecule has 5 nitrogen and oxygen atoms in total. The van der Waals surface area contributed by atoms with Crippen LogP contribution in [0.2, 0.25) is 0 Å². The second-order valence-corrected chi connectivity index (χ2v) is 9.56. The van der Waals surface area contributed by atoms with Crippen LogP contribution in [0.25, 0.3) is 10.9 Å². The van der Waals surface area contributed by atoms with E-state index in [1.54, 1.807) is 53.4 Å². The Labute approximate surface area is 216 Å². The Kier molecular flexibility index (Phi) is 6.69. The predicted molar refractivity (Wildman–Crippen MR) is 136 cm³/mol. The molecule has 0 radical (unpaired) electrons. The minimum atomic E-state index is -4.75. The zero-order valence-electron chi connectivity index (χ0n) is 20.5. The van der Waals surface area contributed by atoms with Crippen molar-refractivity contribution >= 4 is 22.6 Å². The Morgan fingerprint density at radius 2 is 1.76 bits per heavy atom. The fourth-order valence-corrected chi connectivity index (χ4v) is 4.83. The van der Waals surface area contributed by atoms with Gasteiger partial charge in [0.2, 0.25) is 0 Å². The van der Waals surface area contributed by atoms with Gasteiger partial charge in [-0.3, -0.25) is 4.79 Å². The van der Waals surface area contributed by atoms with Gasteiger partial charge < -0.3 is 15.4 Å². The Morgan fingerprint density at radius 1 is 1.05 bits per heavy atom. The van der Waals surface area contributed by atoms with Gasteiger partial charge in [-0.15, -0.1) is 13.2 Å². The first-order valence-corrected chi connectivity index (χ1v) is 12.1. The van der Waals surface area contributed by atoms with Gasteiger partial charge in [-0.25, -0.2) is 9.37 Å². The topological polar surface area (TPSA) is 68.5 Å². The molecule has 0 saturated heterocycles. The fraction of sp³-hybridized carbons (Fsp3) is 0.241. The number of hydrogen-bond acceptors (Lipinski definition) is 4. The molecule has 1 aromatic heterocycles. The molecular weight excluding hydrogens is 498 g/mol. The van der Waals surface area contributed by atoms with Crippen LogP contribution in [0.1, 0.15) is 45.8 Å². The molecule has 0 bridgehead atoms. The maximum Gasteiger partial charge on any atom is 0.573 e. The zero-order valence-corrected chi connectivity index (χ0v) is 20.5. The summed E-state index contributed by atoms with van der Waals surface area (Å²) in [6.45, 7) is 1.94. The van der Waals surface area contributed by atoms with Gasteiger partial charge in [-0.05, 0) is 79.3 Å². The Balaban J connectivity index is 1.38. The van der Waals surface area contributed by atoms with E-state index in [1.165, 1.54) is 18.2 Å². The van der Waals surface area contributed by atoms with E-state index in [0.29, 0.717) is 35.3 Å². The van der Waals surface area contributed by atoms with Crippen molar-refractivity contribution in [2.45, 2.75) is 44.6 Å². The number of benzene rings is 3. The van der Waals surface area contributed by atoms with E-state index in [9.17, 15) is 22.4 Å². The van der Waals surface area contributed by atoms with E-state index in [-0.39, 0.29) is 30.2 Å². The minimum absolute atomic E-state index is 0.0577. The van der Waals surface area contributed by atoms with Gasteiger partial charge >= 0.3 is 6.36 Å². The third kappa shape index (κ3) is 5.41. The largest absolute Gasteiger partial charge is 0.573 e. The highest BCUT2D eigenvalue weighted by atomic mass is 19.4. The highest BCUT2D eigenvalue weighted by Crippen LogP contribution is 2.41. The average Bonchev–Trinajstić information content (AvgIpc) is 2.84. The Hall–Kier alpha value is -4.14. The highest BCUT2D eigenvalue weighted by Gasteiger charge is 2.38. The van der Waals surface area contributed by atoms with Gasteiger partial charge in [0.05, 0.1) is 5.52 Å². The number of amides is 1. The first-order chi connectivity index (χ1) is 18.1. The summed E-state index contributed by atoms with van der Waals surface area (Å²) in [5.74, 6) is -0.424. The number of aromatic nitrogens is 1. The summed E-state index contributed by atoms with van der Waals surface area (Å²) in [6, 6.07) is 19.0. The molecule has 3 aromatic carbocycles. The second kappa shape index (κ2) is 9.96. The highest BCUT2D eigenvalue weighted by molar-refractivity contribution is 5.98. The van der Waals surface area contributed by atoms with Gasteiger partial charge in [0.15, 0.2) is 0 Å². The normalized spacial score (nSPS) is 17.2. The van der Waals surface area contributed by atoms with E-state index >= 15 is 0 Å². The number of rotatable bonds is 6. The SMILES string of the molecule is Cc1cc2cc(C(=O)N(Cc3ccccc3F)[C@H]3C[C@@H](c4ccc(OC(F)(F)F)cc4)C3)ccc2nc1N. The van der Waals surface area contributed by atoms with Crippen molar-refractivity contribution in [2.24, 2.45) is 0 Å². The number of aryl methyl sites for hydroxylation is 1. The van der Waals surface area contributed by atoms with Gasteiger partial charge in [0.1, 0.15) is 17.4 Å². The number of alkyl halides is 3. The molecule has 9 heteroatoms. The van der Waals surface area contributed by atoms with Gasteiger partial charge in [0.25, 0.3) is 5.91 Å². The molecule has 0 spiro atoms. The first-order valence-electron chi connectivity index (χ1n) is 12.1. The first kappa shape index (κ1) is 25.5. The molecule has 0 aliphatic heterocycles. The maximum absolute atomic E-state index is 14.5. The number of halogens is 4. The van der Waals surface area contributed by atoms with Gasteiger partial charge in [-0.2, -0.15) is 0 Å². The molecule has 1 heterocycles. The van der Waals surface area contributed by atoms with Crippen molar-refractivity contribution in [1.82, 2.24) is 9.88 Å². The van der Waals surface area contributed by atoms with E-state index < -0.39 is 12.2 Å². The van der Waals surface area contributed by atoms with Crippen LogP contribution < -0.4 is 10.5 Å². The average molecular weight is 524 g/mol.